The maximum atomic E-state index is 13.5. The summed E-state index contributed by atoms with van der Waals surface area (Å²) in [5.74, 6) is 4.47. The molecule has 2 heterocycles. The smallest absolute Gasteiger partial charge is 0.155 e. The van der Waals surface area contributed by atoms with Crippen molar-refractivity contribution in [1.29, 1.82) is 0 Å². The lowest BCUT2D eigenvalue weighted by atomic mass is 10.3. The van der Waals surface area contributed by atoms with Crippen LogP contribution in [0.2, 0.25) is 0 Å². The highest BCUT2D eigenvalue weighted by atomic mass is 19.1. The van der Waals surface area contributed by atoms with Crippen molar-refractivity contribution in [3.8, 4) is 11.8 Å². The molecule has 104 valence electrons. The van der Waals surface area contributed by atoms with Gasteiger partial charge in [0.2, 0.25) is 0 Å². The molecule has 0 unspecified atom stereocenters. The molecule has 4 nitrogen and oxygen atoms in total. The quantitative estimate of drug-likeness (QED) is 0.679. The first-order chi connectivity index (χ1) is 10.2. The van der Waals surface area contributed by atoms with Gasteiger partial charge < -0.3 is 0 Å². The highest BCUT2D eigenvalue weighted by Gasteiger charge is 2.09. The standard InChI is InChI=1S/C15H10F2N4/c16-11-9-13(17)15-14(10-11)19-21(20-15)8-4-2-6-12-5-1-3-7-18-12/h1,3,5,7,9-10H,4,8H2. The van der Waals surface area contributed by atoms with Gasteiger partial charge in [-0.3, -0.25) is 0 Å². The van der Waals surface area contributed by atoms with Crippen LogP contribution in [0.25, 0.3) is 11.0 Å². The van der Waals surface area contributed by atoms with Gasteiger partial charge in [0, 0.05) is 24.8 Å². The molecule has 21 heavy (non-hydrogen) atoms. The minimum atomic E-state index is -0.712. The number of rotatable bonds is 2. The zero-order chi connectivity index (χ0) is 14.7. The summed E-state index contributed by atoms with van der Waals surface area (Å²) in [5, 5.41) is 8.00. The fourth-order valence-corrected chi connectivity index (χ4v) is 1.84. The highest BCUT2D eigenvalue weighted by Crippen LogP contribution is 2.15. The molecule has 0 fully saturated rings. The van der Waals surface area contributed by atoms with Crippen molar-refractivity contribution in [2.24, 2.45) is 0 Å². The first-order valence-electron chi connectivity index (χ1n) is 6.32. The van der Waals surface area contributed by atoms with Gasteiger partial charge in [-0.25, -0.2) is 13.8 Å². The van der Waals surface area contributed by atoms with E-state index in [4.69, 9.17) is 0 Å². The van der Waals surface area contributed by atoms with Crippen molar-refractivity contribution in [3.63, 3.8) is 0 Å². The maximum absolute atomic E-state index is 13.5. The third-order valence-corrected chi connectivity index (χ3v) is 2.76. The molecule has 0 radical (unpaired) electrons. The van der Waals surface area contributed by atoms with Crippen LogP contribution < -0.4 is 0 Å². The van der Waals surface area contributed by atoms with Gasteiger partial charge in [0.1, 0.15) is 22.5 Å². The zero-order valence-corrected chi connectivity index (χ0v) is 10.9. The topological polar surface area (TPSA) is 43.6 Å². The predicted octanol–water partition coefficient (Wildman–Crippen LogP) is 2.55. The van der Waals surface area contributed by atoms with E-state index in [1.54, 1.807) is 6.20 Å². The van der Waals surface area contributed by atoms with Gasteiger partial charge >= 0.3 is 0 Å². The van der Waals surface area contributed by atoms with E-state index in [-0.39, 0.29) is 11.0 Å². The molecular weight excluding hydrogens is 274 g/mol. The maximum Gasteiger partial charge on any atom is 0.155 e. The van der Waals surface area contributed by atoms with E-state index in [0.29, 0.717) is 18.7 Å². The third-order valence-electron chi connectivity index (χ3n) is 2.76. The molecule has 0 spiro atoms. The van der Waals surface area contributed by atoms with Crippen LogP contribution in [-0.4, -0.2) is 20.0 Å². The van der Waals surface area contributed by atoms with Gasteiger partial charge in [-0.15, -0.1) is 0 Å². The van der Waals surface area contributed by atoms with E-state index in [2.05, 4.69) is 27.0 Å². The number of hydrogen-bond acceptors (Lipinski definition) is 3. The number of aryl methyl sites for hydroxylation is 1. The van der Waals surface area contributed by atoms with Crippen LogP contribution in [0.4, 0.5) is 8.78 Å². The average Bonchev–Trinajstić information content (AvgIpc) is 2.88. The lowest BCUT2D eigenvalue weighted by Gasteiger charge is -1.92. The summed E-state index contributed by atoms with van der Waals surface area (Å²) < 4.78 is 26.5. The van der Waals surface area contributed by atoms with Crippen LogP contribution in [0.3, 0.4) is 0 Å². The molecule has 0 N–H and O–H groups in total. The Balaban J connectivity index is 1.72. The number of halogens is 2. The second-order valence-corrected chi connectivity index (χ2v) is 4.32. The molecule has 0 saturated carbocycles. The van der Waals surface area contributed by atoms with E-state index >= 15 is 0 Å². The molecule has 2 aromatic heterocycles. The molecule has 0 aliphatic carbocycles. The van der Waals surface area contributed by atoms with Gasteiger partial charge in [0.15, 0.2) is 5.82 Å². The van der Waals surface area contributed by atoms with Crippen molar-refractivity contribution >= 4 is 11.0 Å². The Morgan fingerprint density at radius 1 is 1.14 bits per heavy atom. The monoisotopic (exact) mass is 284 g/mol. The molecule has 1 aromatic carbocycles. The van der Waals surface area contributed by atoms with Crippen LogP contribution in [0.15, 0.2) is 36.5 Å². The summed E-state index contributed by atoms with van der Waals surface area (Å²) in [6, 6.07) is 7.43. The third kappa shape index (κ3) is 3.03. The number of aromatic nitrogens is 4. The summed E-state index contributed by atoms with van der Waals surface area (Å²) in [6.45, 7) is 0.398. The number of fused-ring (bicyclic) bond motifs is 1. The van der Waals surface area contributed by atoms with E-state index in [1.807, 2.05) is 18.2 Å². The summed E-state index contributed by atoms with van der Waals surface area (Å²) >= 11 is 0. The fraction of sp³-hybridized carbons (Fsp3) is 0.133. The van der Waals surface area contributed by atoms with Crippen LogP contribution in [0.1, 0.15) is 12.1 Å². The van der Waals surface area contributed by atoms with Crippen LogP contribution in [-0.2, 0) is 6.54 Å². The van der Waals surface area contributed by atoms with Crippen molar-refractivity contribution in [3.05, 3.63) is 53.9 Å². The molecule has 0 aliphatic rings. The lowest BCUT2D eigenvalue weighted by molar-refractivity contribution is 0.551. The molecule has 0 atom stereocenters. The SMILES string of the molecule is Fc1cc(F)c2nn(CCC#Cc3ccccn3)nc2c1. The Hall–Kier alpha value is -2.81. The van der Waals surface area contributed by atoms with Crippen molar-refractivity contribution in [2.45, 2.75) is 13.0 Å². The fourth-order valence-electron chi connectivity index (χ4n) is 1.84. The van der Waals surface area contributed by atoms with E-state index in [9.17, 15) is 8.78 Å². The van der Waals surface area contributed by atoms with Crippen molar-refractivity contribution < 1.29 is 8.78 Å². The van der Waals surface area contributed by atoms with E-state index < -0.39 is 11.6 Å². The van der Waals surface area contributed by atoms with Crippen LogP contribution in [0.5, 0.6) is 0 Å². The molecule has 0 bridgehead atoms. The molecular formula is C15H10F2N4. The Labute approximate surface area is 119 Å². The minimum absolute atomic E-state index is 0.0640. The second kappa shape index (κ2) is 5.67. The lowest BCUT2D eigenvalue weighted by Crippen LogP contribution is -2.01. The van der Waals surface area contributed by atoms with Crippen LogP contribution >= 0.6 is 0 Å². The first-order valence-corrected chi connectivity index (χ1v) is 6.32. The number of benzene rings is 1. The Morgan fingerprint density at radius 3 is 2.86 bits per heavy atom. The molecule has 0 amide bonds. The zero-order valence-electron chi connectivity index (χ0n) is 10.9. The molecule has 3 aromatic rings. The van der Waals surface area contributed by atoms with Crippen LogP contribution in [0, 0.1) is 23.5 Å². The summed E-state index contributed by atoms with van der Waals surface area (Å²) in [5.41, 5.74) is 0.948. The van der Waals surface area contributed by atoms with Gasteiger partial charge in [0.25, 0.3) is 0 Å². The largest absolute Gasteiger partial charge is 0.248 e. The molecule has 3 rings (SSSR count). The minimum Gasteiger partial charge on any atom is -0.248 e. The normalized spacial score (nSPS) is 10.4. The van der Waals surface area contributed by atoms with Gasteiger partial charge in [-0.1, -0.05) is 12.0 Å². The molecule has 6 heteroatoms. The summed E-state index contributed by atoms with van der Waals surface area (Å²) in [7, 11) is 0. The second-order valence-electron chi connectivity index (χ2n) is 4.32. The first kappa shape index (κ1) is 13.2. The Morgan fingerprint density at radius 2 is 2.05 bits per heavy atom. The van der Waals surface area contributed by atoms with Gasteiger partial charge in [-0.05, 0) is 18.1 Å². The van der Waals surface area contributed by atoms with E-state index in [1.165, 1.54) is 4.80 Å². The number of nitrogens with zero attached hydrogens (tertiary/aromatic N) is 4. The average molecular weight is 284 g/mol. The Kier molecular flexibility index (Phi) is 3.56. The van der Waals surface area contributed by atoms with Crippen molar-refractivity contribution in [1.82, 2.24) is 20.0 Å². The molecule has 0 aliphatic heterocycles. The highest BCUT2D eigenvalue weighted by molar-refractivity contribution is 5.74. The Bertz CT molecular complexity index is 831. The van der Waals surface area contributed by atoms with Crippen molar-refractivity contribution in [2.75, 3.05) is 0 Å². The predicted molar refractivity (Wildman–Crippen MR) is 73.2 cm³/mol. The van der Waals surface area contributed by atoms with Gasteiger partial charge in [-0.2, -0.15) is 15.0 Å². The molecule has 0 saturated heterocycles. The number of pyridine rings is 1. The summed E-state index contributed by atoms with van der Waals surface area (Å²) in [6.07, 6.45) is 2.16. The van der Waals surface area contributed by atoms with Gasteiger partial charge in [0.05, 0.1) is 6.54 Å². The number of hydrogen-bond donors (Lipinski definition) is 0. The van der Waals surface area contributed by atoms with E-state index in [0.717, 1.165) is 12.1 Å². The summed E-state index contributed by atoms with van der Waals surface area (Å²) in [4.78, 5) is 5.40.